The van der Waals surface area contributed by atoms with Crippen LogP contribution < -0.4 is 15.8 Å². The molecule has 0 fully saturated rings. The summed E-state index contributed by atoms with van der Waals surface area (Å²) in [5.41, 5.74) is 8.36. The highest BCUT2D eigenvalue weighted by Gasteiger charge is 2.31. The van der Waals surface area contributed by atoms with E-state index in [1.807, 2.05) is 23.7 Å². The van der Waals surface area contributed by atoms with Crippen molar-refractivity contribution in [1.82, 2.24) is 14.8 Å². The maximum Gasteiger partial charge on any atom is 0.241 e. The summed E-state index contributed by atoms with van der Waals surface area (Å²) in [5.74, 6) is 1.86. The summed E-state index contributed by atoms with van der Waals surface area (Å²) >= 11 is 0. The molecule has 29 heavy (non-hydrogen) atoms. The summed E-state index contributed by atoms with van der Waals surface area (Å²) in [6.45, 7) is 2.65. The Kier molecular flexibility index (Phi) is 4.31. The zero-order valence-corrected chi connectivity index (χ0v) is 16.2. The molecule has 0 aliphatic carbocycles. The fraction of sp³-hybridized carbons (Fsp3) is 0.217. The lowest BCUT2D eigenvalue weighted by atomic mass is 9.90. The van der Waals surface area contributed by atoms with Gasteiger partial charge in [0, 0.05) is 0 Å². The monoisotopic (exact) mass is 385 g/mol. The molecule has 6 heteroatoms. The lowest BCUT2D eigenvalue weighted by Crippen LogP contribution is -2.28. The van der Waals surface area contributed by atoms with Crippen LogP contribution in [0.4, 0.5) is 11.9 Å². The van der Waals surface area contributed by atoms with E-state index in [9.17, 15) is 0 Å². The Balaban J connectivity index is 1.57. The van der Waals surface area contributed by atoms with E-state index in [-0.39, 0.29) is 18.0 Å². The summed E-state index contributed by atoms with van der Waals surface area (Å²) in [6, 6.07) is 23.3. The van der Waals surface area contributed by atoms with E-state index in [0.29, 0.717) is 12.6 Å². The van der Waals surface area contributed by atoms with Crippen molar-refractivity contribution < 1.29 is 4.74 Å². The largest absolute Gasteiger partial charge is 0.494 e. The van der Waals surface area contributed by atoms with Crippen molar-refractivity contribution in [3.8, 4) is 5.75 Å². The summed E-state index contributed by atoms with van der Waals surface area (Å²) in [5, 5.41) is 10.4. The molecule has 0 radical (unpaired) electrons. The van der Waals surface area contributed by atoms with Crippen LogP contribution in [0.2, 0.25) is 0 Å². The van der Waals surface area contributed by atoms with Crippen LogP contribution in [0.1, 0.15) is 36.6 Å². The van der Waals surface area contributed by atoms with E-state index < -0.39 is 0 Å². The number of rotatable bonds is 4. The van der Waals surface area contributed by atoms with Gasteiger partial charge in [-0.15, -0.1) is 5.10 Å². The Bertz CT molecular complexity index is 1150. The van der Waals surface area contributed by atoms with Crippen molar-refractivity contribution in [2.75, 3.05) is 17.7 Å². The van der Waals surface area contributed by atoms with E-state index in [1.54, 1.807) is 0 Å². The molecular weight excluding hydrogens is 362 g/mol. The molecule has 2 heterocycles. The third-order valence-electron chi connectivity index (χ3n) is 5.48. The van der Waals surface area contributed by atoms with Gasteiger partial charge in [0.2, 0.25) is 11.9 Å². The minimum Gasteiger partial charge on any atom is -0.494 e. The SMILES string of the molecule is CCOc1ccc([C@H]2C[C@@H](c3cccc4ccccc34)n3nc(N)nc3N2)cc1. The molecular formula is C23H23N5O. The third kappa shape index (κ3) is 3.16. The van der Waals surface area contributed by atoms with Gasteiger partial charge in [-0.2, -0.15) is 4.98 Å². The van der Waals surface area contributed by atoms with Crippen molar-refractivity contribution in [2.45, 2.75) is 25.4 Å². The molecule has 3 N–H and O–H groups in total. The molecule has 0 saturated heterocycles. The average Bonchev–Trinajstić information content (AvgIpc) is 3.13. The number of nitrogens with one attached hydrogen (secondary N) is 1. The van der Waals surface area contributed by atoms with Crippen LogP contribution in [0.15, 0.2) is 66.7 Å². The molecule has 0 spiro atoms. The van der Waals surface area contributed by atoms with E-state index in [1.165, 1.54) is 21.9 Å². The van der Waals surface area contributed by atoms with Gasteiger partial charge < -0.3 is 15.8 Å². The van der Waals surface area contributed by atoms with Crippen LogP contribution in [0.25, 0.3) is 10.8 Å². The molecule has 6 nitrogen and oxygen atoms in total. The lowest BCUT2D eigenvalue weighted by Gasteiger charge is -2.32. The Morgan fingerprint density at radius 1 is 1.07 bits per heavy atom. The van der Waals surface area contributed by atoms with Gasteiger partial charge in [-0.3, -0.25) is 0 Å². The van der Waals surface area contributed by atoms with Crippen molar-refractivity contribution in [1.29, 1.82) is 0 Å². The summed E-state index contributed by atoms with van der Waals surface area (Å²) in [6.07, 6.45) is 0.845. The number of aromatic nitrogens is 3. The van der Waals surface area contributed by atoms with Crippen LogP contribution in [0, 0.1) is 0 Å². The van der Waals surface area contributed by atoms with Crippen molar-refractivity contribution >= 4 is 22.7 Å². The smallest absolute Gasteiger partial charge is 0.241 e. The fourth-order valence-electron chi connectivity index (χ4n) is 4.18. The zero-order valence-electron chi connectivity index (χ0n) is 16.2. The van der Waals surface area contributed by atoms with Crippen molar-refractivity contribution in [2.24, 2.45) is 0 Å². The number of nitrogens with two attached hydrogens (primary N) is 1. The first-order valence-electron chi connectivity index (χ1n) is 9.92. The summed E-state index contributed by atoms with van der Waals surface area (Å²) < 4.78 is 7.50. The van der Waals surface area contributed by atoms with E-state index in [2.05, 4.69) is 70.0 Å². The number of benzene rings is 3. The van der Waals surface area contributed by atoms with Gasteiger partial charge >= 0.3 is 0 Å². The quantitative estimate of drug-likeness (QED) is 0.538. The van der Waals surface area contributed by atoms with E-state index in [4.69, 9.17) is 10.5 Å². The number of nitrogens with zero attached hydrogens (tertiary/aromatic N) is 3. The van der Waals surface area contributed by atoms with E-state index in [0.717, 1.165) is 12.2 Å². The summed E-state index contributed by atoms with van der Waals surface area (Å²) in [4.78, 5) is 4.42. The molecule has 1 aliphatic heterocycles. The maximum atomic E-state index is 5.95. The molecule has 4 aromatic rings. The molecule has 0 amide bonds. The number of ether oxygens (including phenoxy) is 1. The second kappa shape index (κ2) is 7.13. The lowest BCUT2D eigenvalue weighted by molar-refractivity contribution is 0.340. The molecule has 0 unspecified atom stereocenters. The number of nitrogen functional groups attached to an aromatic ring is 1. The number of hydrogen-bond donors (Lipinski definition) is 2. The normalized spacial score (nSPS) is 18.2. The molecule has 5 rings (SSSR count). The van der Waals surface area contributed by atoms with Crippen LogP contribution in [0.3, 0.4) is 0 Å². The third-order valence-corrected chi connectivity index (χ3v) is 5.48. The van der Waals surface area contributed by atoms with Gasteiger partial charge in [-0.1, -0.05) is 54.6 Å². The Hall–Kier alpha value is -3.54. The highest BCUT2D eigenvalue weighted by Crippen LogP contribution is 2.40. The van der Waals surface area contributed by atoms with Gasteiger partial charge in [-0.25, -0.2) is 4.68 Å². The van der Waals surface area contributed by atoms with E-state index >= 15 is 0 Å². The molecule has 0 bridgehead atoms. The van der Waals surface area contributed by atoms with Crippen LogP contribution in [-0.4, -0.2) is 21.4 Å². The van der Waals surface area contributed by atoms with Crippen molar-refractivity contribution in [3.05, 3.63) is 77.9 Å². The predicted octanol–water partition coefficient (Wildman–Crippen LogP) is 4.56. The fourth-order valence-corrected chi connectivity index (χ4v) is 4.18. The standard InChI is InChI=1S/C23H23N5O/c1-2-29-17-12-10-16(11-13-17)20-14-21(28-23(25-20)26-22(24)27-28)19-9-5-7-15-6-3-4-8-18(15)19/h3-13,20-21H,2,14H2,1H3,(H3,24,25,26,27)/t20-,21+/m1/s1. The second-order valence-corrected chi connectivity index (χ2v) is 7.26. The Labute approximate surface area is 169 Å². The first-order chi connectivity index (χ1) is 14.2. The van der Waals surface area contributed by atoms with Crippen LogP contribution in [0.5, 0.6) is 5.75 Å². The number of anilines is 2. The average molecular weight is 385 g/mol. The maximum absolute atomic E-state index is 5.95. The molecule has 1 aliphatic rings. The Morgan fingerprint density at radius 3 is 2.69 bits per heavy atom. The van der Waals surface area contributed by atoms with Gasteiger partial charge in [0.15, 0.2) is 0 Å². The highest BCUT2D eigenvalue weighted by atomic mass is 16.5. The first-order valence-corrected chi connectivity index (χ1v) is 9.92. The molecule has 0 saturated carbocycles. The zero-order chi connectivity index (χ0) is 19.8. The van der Waals surface area contributed by atoms with Gasteiger partial charge in [0.25, 0.3) is 0 Å². The van der Waals surface area contributed by atoms with Gasteiger partial charge in [-0.05, 0) is 47.4 Å². The topological polar surface area (TPSA) is 78.0 Å². The molecule has 1 aromatic heterocycles. The van der Waals surface area contributed by atoms with Gasteiger partial charge in [0.05, 0.1) is 18.7 Å². The van der Waals surface area contributed by atoms with Crippen molar-refractivity contribution in [3.63, 3.8) is 0 Å². The number of fused-ring (bicyclic) bond motifs is 2. The van der Waals surface area contributed by atoms with Gasteiger partial charge in [0.1, 0.15) is 5.75 Å². The number of hydrogen-bond acceptors (Lipinski definition) is 5. The second-order valence-electron chi connectivity index (χ2n) is 7.26. The molecule has 146 valence electrons. The molecule has 3 aromatic carbocycles. The predicted molar refractivity (Wildman–Crippen MR) is 115 cm³/mol. The van der Waals surface area contributed by atoms with Crippen LogP contribution >= 0.6 is 0 Å². The highest BCUT2D eigenvalue weighted by molar-refractivity contribution is 5.86. The summed E-state index contributed by atoms with van der Waals surface area (Å²) in [7, 11) is 0. The minimum atomic E-state index is 0.0405. The first kappa shape index (κ1) is 17.6. The molecule has 2 atom stereocenters. The Morgan fingerprint density at radius 2 is 1.86 bits per heavy atom. The van der Waals surface area contributed by atoms with Crippen LogP contribution in [-0.2, 0) is 0 Å². The minimum absolute atomic E-state index is 0.0405.